The minimum atomic E-state index is 0.369. The lowest BCUT2D eigenvalue weighted by atomic mass is 10.2. The molecule has 1 N–H and O–H groups in total. The third-order valence-electron chi connectivity index (χ3n) is 2.19. The van der Waals surface area contributed by atoms with E-state index in [0.29, 0.717) is 30.4 Å². The van der Waals surface area contributed by atoms with Crippen LogP contribution in [-0.2, 0) is 0 Å². The predicted molar refractivity (Wildman–Crippen MR) is 73.3 cm³/mol. The molecule has 1 heterocycles. The number of hydrogen-bond donors (Lipinski definition) is 1. The maximum Gasteiger partial charge on any atom is 0.323 e. The van der Waals surface area contributed by atoms with Gasteiger partial charge in [0.25, 0.3) is 0 Å². The van der Waals surface area contributed by atoms with Crippen LogP contribution in [0.25, 0.3) is 0 Å². The van der Waals surface area contributed by atoms with Gasteiger partial charge in [0.05, 0.1) is 6.61 Å². The predicted octanol–water partition coefficient (Wildman–Crippen LogP) is 1.79. The Hall–Kier alpha value is -1.59. The smallest absolute Gasteiger partial charge is 0.323 e. The van der Waals surface area contributed by atoms with Crippen molar-refractivity contribution in [3.63, 3.8) is 0 Å². The van der Waals surface area contributed by atoms with E-state index >= 15 is 0 Å². The molecule has 0 unspecified atom stereocenters. The zero-order valence-electron chi connectivity index (χ0n) is 11.9. The summed E-state index contributed by atoms with van der Waals surface area (Å²) in [5.41, 5.74) is 0. The van der Waals surface area contributed by atoms with Gasteiger partial charge in [-0.2, -0.15) is 15.0 Å². The van der Waals surface area contributed by atoms with E-state index in [2.05, 4.69) is 34.1 Å². The Bertz CT molecular complexity index is 345. The van der Waals surface area contributed by atoms with Gasteiger partial charge in [0, 0.05) is 20.1 Å². The molecule has 0 atom stereocenters. The van der Waals surface area contributed by atoms with Gasteiger partial charge in [0.15, 0.2) is 0 Å². The standard InChI is InChI=1S/C12H23N5O/c1-6-13-10-14-11(17(5)8-9(3)4)16-12(15-10)18-7-2/h9H,6-8H2,1-5H3,(H,13,14,15,16). The van der Waals surface area contributed by atoms with E-state index in [4.69, 9.17) is 4.74 Å². The zero-order valence-corrected chi connectivity index (χ0v) is 11.9. The second-order valence-corrected chi connectivity index (χ2v) is 4.48. The molecular formula is C12H23N5O. The number of hydrogen-bond acceptors (Lipinski definition) is 6. The molecule has 6 heteroatoms. The van der Waals surface area contributed by atoms with Crippen molar-refractivity contribution >= 4 is 11.9 Å². The first-order valence-corrected chi connectivity index (χ1v) is 6.40. The van der Waals surface area contributed by atoms with Gasteiger partial charge in [-0.1, -0.05) is 13.8 Å². The first-order chi connectivity index (χ1) is 8.56. The summed E-state index contributed by atoms with van der Waals surface area (Å²) in [4.78, 5) is 14.9. The number of aromatic nitrogens is 3. The zero-order chi connectivity index (χ0) is 13.5. The summed E-state index contributed by atoms with van der Waals surface area (Å²) in [7, 11) is 1.97. The fourth-order valence-electron chi connectivity index (χ4n) is 1.58. The second kappa shape index (κ2) is 6.98. The van der Waals surface area contributed by atoms with E-state index in [-0.39, 0.29) is 0 Å². The molecule has 1 rings (SSSR count). The molecule has 0 amide bonds. The van der Waals surface area contributed by atoms with Crippen LogP contribution in [-0.4, -0.2) is 41.7 Å². The van der Waals surface area contributed by atoms with Crippen LogP contribution in [0.2, 0.25) is 0 Å². The lowest BCUT2D eigenvalue weighted by molar-refractivity contribution is 0.312. The van der Waals surface area contributed by atoms with Crippen LogP contribution in [0, 0.1) is 5.92 Å². The summed E-state index contributed by atoms with van der Waals surface area (Å²) in [6.45, 7) is 10.4. The Morgan fingerprint density at radius 3 is 2.50 bits per heavy atom. The monoisotopic (exact) mass is 253 g/mol. The van der Waals surface area contributed by atoms with Gasteiger partial charge in [0.1, 0.15) is 0 Å². The van der Waals surface area contributed by atoms with Crippen LogP contribution in [0.4, 0.5) is 11.9 Å². The molecule has 18 heavy (non-hydrogen) atoms. The van der Waals surface area contributed by atoms with Gasteiger partial charge in [-0.05, 0) is 19.8 Å². The Labute approximate surface area is 109 Å². The number of nitrogens with zero attached hydrogens (tertiary/aromatic N) is 4. The lowest BCUT2D eigenvalue weighted by Crippen LogP contribution is -2.25. The van der Waals surface area contributed by atoms with Crippen molar-refractivity contribution in [2.45, 2.75) is 27.7 Å². The number of ether oxygens (including phenoxy) is 1. The molecule has 0 saturated carbocycles. The van der Waals surface area contributed by atoms with E-state index in [1.54, 1.807) is 0 Å². The minimum Gasteiger partial charge on any atom is -0.464 e. The van der Waals surface area contributed by atoms with Crippen molar-refractivity contribution in [2.75, 3.05) is 37.0 Å². The quantitative estimate of drug-likeness (QED) is 0.799. The van der Waals surface area contributed by atoms with Gasteiger partial charge in [-0.3, -0.25) is 0 Å². The summed E-state index contributed by atoms with van der Waals surface area (Å²) < 4.78 is 5.36. The highest BCUT2D eigenvalue weighted by atomic mass is 16.5. The summed E-state index contributed by atoms with van der Waals surface area (Å²) in [5, 5.41) is 3.09. The molecule has 1 aromatic heterocycles. The Morgan fingerprint density at radius 2 is 1.94 bits per heavy atom. The molecule has 6 nitrogen and oxygen atoms in total. The van der Waals surface area contributed by atoms with Gasteiger partial charge in [-0.25, -0.2) is 0 Å². The maximum atomic E-state index is 5.36. The molecule has 0 aromatic carbocycles. The molecule has 102 valence electrons. The van der Waals surface area contributed by atoms with Crippen molar-refractivity contribution in [1.82, 2.24) is 15.0 Å². The van der Waals surface area contributed by atoms with Crippen molar-refractivity contribution in [1.29, 1.82) is 0 Å². The number of rotatable bonds is 7. The Balaban J connectivity index is 2.94. The van der Waals surface area contributed by atoms with Crippen LogP contribution in [0.3, 0.4) is 0 Å². The van der Waals surface area contributed by atoms with Crippen LogP contribution >= 0.6 is 0 Å². The van der Waals surface area contributed by atoms with Crippen molar-refractivity contribution < 1.29 is 4.74 Å². The second-order valence-electron chi connectivity index (χ2n) is 4.48. The largest absolute Gasteiger partial charge is 0.464 e. The first-order valence-electron chi connectivity index (χ1n) is 6.40. The Morgan fingerprint density at radius 1 is 1.22 bits per heavy atom. The van der Waals surface area contributed by atoms with Crippen LogP contribution in [0.5, 0.6) is 6.01 Å². The molecular weight excluding hydrogens is 230 g/mol. The number of nitrogens with one attached hydrogen (secondary N) is 1. The van der Waals surface area contributed by atoms with Gasteiger partial charge < -0.3 is 15.0 Å². The lowest BCUT2D eigenvalue weighted by Gasteiger charge is -2.20. The molecule has 0 fully saturated rings. The van der Waals surface area contributed by atoms with Gasteiger partial charge in [0.2, 0.25) is 11.9 Å². The molecule has 0 aliphatic rings. The Kier molecular flexibility index (Phi) is 5.61. The van der Waals surface area contributed by atoms with E-state index in [0.717, 1.165) is 13.1 Å². The van der Waals surface area contributed by atoms with Gasteiger partial charge in [-0.15, -0.1) is 0 Å². The highest BCUT2D eigenvalue weighted by molar-refractivity contribution is 5.37. The van der Waals surface area contributed by atoms with Crippen molar-refractivity contribution in [3.05, 3.63) is 0 Å². The molecule has 0 saturated heterocycles. The van der Waals surface area contributed by atoms with E-state index in [1.165, 1.54) is 0 Å². The summed E-state index contributed by atoms with van der Waals surface area (Å²) in [5.74, 6) is 1.74. The number of anilines is 2. The molecule has 0 aliphatic heterocycles. The fraction of sp³-hybridized carbons (Fsp3) is 0.750. The summed E-state index contributed by atoms with van der Waals surface area (Å²) in [6, 6.07) is 0.369. The SMILES string of the molecule is CCNc1nc(OCC)nc(N(C)CC(C)C)n1. The molecule has 0 spiro atoms. The molecule has 1 aromatic rings. The average Bonchev–Trinajstić information content (AvgIpc) is 2.28. The van der Waals surface area contributed by atoms with Crippen LogP contribution in [0.1, 0.15) is 27.7 Å². The van der Waals surface area contributed by atoms with E-state index in [9.17, 15) is 0 Å². The first kappa shape index (κ1) is 14.5. The van der Waals surface area contributed by atoms with Crippen molar-refractivity contribution in [3.8, 4) is 6.01 Å². The van der Waals surface area contributed by atoms with Crippen LogP contribution in [0.15, 0.2) is 0 Å². The normalized spacial score (nSPS) is 10.6. The van der Waals surface area contributed by atoms with Crippen molar-refractivity contribution in [2.24, 2.45) is 5.92 Å². The highest BCUT2D eigenvalue weighted by Gasteiger charge is 2.11. The molecule has 0 aliphatic carbocycles. The third kappa shape index (κ3) is 4.35. The molecule has 0 bridgehead atoms. The molecule has 0 radical (unpaired) electrons. The summed E-state index contributed by atoms with van der Waals surface area (Å²) in [6.07, 6.45) is 0. The topological polar surface area (TPSA) is 63.2 Å². The van der Waals surface area contributed by atoms with Gasteiger partial charge >= 0.3 is 6.01 Å². The third-order valence-corrected chi connectivity index (χ3v) is 2.19. The maximum absolute atomic E-state index is 5.36. The van der Waals surface area contributed by atoms with E-state index in [1.807, 2.05) is 25.8 Å². The minimum absolute atomic E-state index is 0.369. The van der Waals surface area contributed by atoms with E-state index < -0.39 is 0 Å². The summed E-state index contributed by atoms with van der Waals surface area (Å²) >= 11 is 0. The van der Waals surface area contributed by atoms with Crippen LogP contribution < -0.4 is 15.0 Å². The fourth-order valence-corrected chi connectivity index (χ4v) is 1.58. The highest BCUT2D eigenvalue weighted by Crippen LogP contribution is 2.14. The average molecular weight is 253 g/mol.